The topological polar surface area (TPSA) is 12.0 Å². The van der Waals surface area contributed by atoms with E-state index in [4.69, 9.17) is 0 Å². The molecule has 0 spiro atoms. The highest BCUT2D eigenvalue weighted by atomic mass is 14.9. The smallest absolute Gasteiger partial charge is 0.0133 e. The quantitative estimate of drug-likeness (QED) is 0.823. The second-order valence-corrected chi connectivity index (χ2v) is 8.06. The highest BCUT2D eigenvalue weighted by molar-refractivity contribution is 5.22. The standard InChI is InChI=1S/C20H33N/c1-15-6-8-16(9-7-15)14-19(21-5)17-10-12-18(13-11-17)20(2,3)4/h6-9,17-19,21H,10-14H2,1-5H3. The van der Waals surface area contributed by atoms with E-state index >= 15 is 0 Å². The molecular weight excluding hydrogens is 254 g/mol. The second-order valence-electron chi connectivity index (χ2n) is 8.06. The van der Waals surface area contributed by atoms with Crippen LogP contribution in [0.2, 0.25) is 0 Å². The van der Waals surface area contributed by atoms with Crippen LogP contribution in [-0.4, -0.2) is 13.1 Å². The maximum absolute atomic E-state index is 3.59. The lowest BCUT2D eigenvalue weighted by Crippen LogP contribution is -2.39. The van der Waals surface area contributed by atoms with Crippen LogP contribution in [0.3, 0.4) is 0 Å². The van der Waals surface area contributed by atoms with Crippen molar-refractivity contribution in [3.8, 4) is 0 Å². The second kappa shape index (κ2) is 6.96. The summed E-state index contributed by atoms with van der Waals surface area (Å²) >= 11 is 0. The predicted octanol–water partition coefficient (Wildman–Crippen LogP) is 4.98. The molecule has 1 N–H and O–H groups in total. The van der Waals surface area contributed by atoms with Gasteiger partial charge in [-0.25, -0.2) is 0 Å². The zero-order chi connectivity index (χ0) is 15.5. The molecule has 1 aromatic carbocycles. The molecule has 21 heavy (non-hydrogen) atoms. The molecule has 1 atom stereocenters. The Labute approximate surface area is 131 Å². The number of hydrogen-bond donors (Lipinski definition) is 1. The van der Waals surface area contributed by atoms with Crippen molar-refractivity contribution in [2.75, 3.05) is 7.05 Å². The molecule has 1 aromatic rings. The fourth-order valence-corrected chi connectivity index (χ4v) is 3.87. The minimum Gasteiger partial charge on any atom is -0.316 e. The van der Waals surface area contributed by atoms with E-state index in [0.29, 0.717) is 11.5 Å². The molecule has 0 heterocycles. The fraction of sp³-hybridized carbons (Fsp3) is 0.700. The van der Waals surface area contributed by atoms with Crippen LogP contribution in [0.1, 0.15) is 57.6 Å². The monoisotopic (exact) mass is 287 g/mol. The van der Waals surface area contributed by atoms with Crippen LogP contribution in [-0.2, 0) is 6.42 Å². The van der Waals surface area contributed by atoms with E-state index < -0.39 is 0 Å². The van der Waals surface area contributed by atoms with Crippen LogP contribution >= 0.6 is 0 Å². The van der Waals surface area contributed by atoms with Crippen molar-refractivity contribution in [1.82, 2.24) is 5.32 Å². The van der Waals surface area contributed by atoms with E-state index in [0.717, 1.165) is 11.8 Å². The largest absolute Gasteiger partial charge is 0.316 e. The molecule has 0 saturated heterocycles. The third-order valence-corrected chi connectivity index (χ3v) is 5.51. The normalized spacial score (nSPS) is 24.8. The lowest BCUT2D eigenvalue weighted by atomic mass is 9.68. The minimum atomic E-state index is 0.483. The summed E-state index contributed by atoms with van der Waals surface area (Å²) in [7, 11) is 2.13. The van der Waals surface area contributed by atoms with Crippen LogP contribution in [0.5, 0.6) is 0 Å². The summed E-state index contributed by atoms with van der Waals surface area (Å²) in [6, 6.07) is 9.69. The molecular formula is C20H33N. The molecule has 1 unspecified atom stereocenters. The molecule has 0 bridgehead atoms. The van der Waals surface area contributed by atoms with Crippen LogP contribution in [0.25, 0.3) is 0 Å². The zero-order valence-electron chi connectivity index (χ0n) is 14.6. The number of likely N-dealkylation sites (N-methyl/N-ethyl adjacent to an activating group) is 1. The van der Waals surface area contributed by atoms with Crippen molar-refractivity contribution in [3.63, 3.8) is 0 Å². The van der Waals surface area contributed by atoms with E-state index in [-0.39, 0.29) is 0 Å². The van der Waals surface area contributed by atoms with Gasteiger partial charge in [-0.1, -0.05) is 50.6 Å². The molecule has 0 aliphatic heterocycles. The first-order valence-corrected chi connectivity index (χ1v) is 8.63. The average molecular weight is 287 g/mol. The Balaban J connectivity index is 1.92. The number of rotatable bonds is 4. The summed E-state index contributed by atoms with van der Waals surface area (Å²) in [5.74, 6) is 1.75. The molecule has 1 saturated carbocycles. The van der Waals surface area contributed by atoms with Gasteiger partial charge in [-0.2, -0.15) is 0 Å². The van der Waals surface area contributed by atoms with E-state index in [2.05, 4.69) is 64.3 Å². The van der Waals surface area contributed by atoms with Crippen molar-refractivity contribution in [3.05, 3.63) is 35.4 Å². The first-order valence-electron chi connectivity index (χ1n) is 8.63. The van der Waals surface area contributed by atoms with Gasteiger partial charge in [0.1, 0.15) is 0 Å². The van der Waals surface area contributed by atoms with Gasteiger partial charge in [-0.3, -0.25) is 0 Å². The summed E-state index contributed by atoms with van der Waals surface area (Å²) in [5, 5.41) is 3.59. The number of hydrogen-bond acceptors (Lipinski definition) is 1. The third kappa shape index (κ3) is 4.57. The average Bonchev–Trinajstić information content (AvgIpc) is 2.46. The van der Waals surface area contributed by atoms with Crippen LogP contribution in [0, 0.1) is 24.2 Å². The van der Waals surface area contributed by atoms with Gasteiger partial charge in [-0.05, 0) is 68.9 Å². The van der Waals surface area contributed by atoms with E-state index in [1.165, 1.54) is 43.2 Å². The molecule has 1 aliphatic carbocycles. The highest BCUT2D eigenvalue weighted by Crippen LogP contribution is 2.41. The summed E-state index contributed by atoms with van der Waals surface area (Å²) in [5.41, 5.74) is 3.31. The third-order valence-electron chi connectivity index (χ3n) is 5.51. The van der Waals surface area contributed by atoms with Crippen molar-refractivity contribution >= 4 is 0 Å². The van der Waals surface area contributed by atoms with Crippen molar-refractivity contribution in [1.29, 1.82) is 0 Å². The number of benzene rings is 1. The minimum absolute atomic E-state index is 0.483. The van der Waals surface area contributed by atoms with Gasteiger partial charge in [0, 0.05) is 6.04 Å². The van der Waals surface area contributed by atoms with E-state index in [1.807, 2.05) is 0 Å². The molecule has 1 aliphatic rings. The predicted molar refractivity (Wildman–Crippen MR) is 92.6 cm³/mol. The molecule has 1 heteroatoms. The lowest BCUT2D eigenvalue weighted by Gasteiger charge is -2.39. The lowest BCUT2D eigenvalue weighted by molar-refractivity contribution is 0.134. The molecule has 118 valence electrons. The summed E-state index contributed by atoms with van der Waals surface area (Å²) in [6.07, 6.45) is 6.75. The maximum atomic E-state index is 3.59. The first-order chi connectivity index (χ1) is 9.90. The molecule has 0 amide bonds. The van der Waals surface area contributed by atoms with Gasteiger partial charge in [0.05, 0.1) is 0 Å². The molecule has 0 aromatic heterocycles. The van der Waals surface area contributed by atoms with Gasteiger partial charge in [0.2, 0.25) is 0 Å². The summed E-state index contributed by atoms with van der Waals surface area (Å²) < 4.78 is 0. The van der Waals surface area contributed by atoms with Crippen LogP contribution < -0.4 is 5.32 Å². The van der Waals surface area contributed by atoms with E-state index in [1.54, 1.807) is 0 Å². The Morgan fingerprint density at radius 2 is 1.62 bits per heavy atom. The first kappa shape index (κ1) is 16.5. The summed E-state index contributed by atoms with van der Waals surface area (Å²) in [4.78, 5) is 0. The molecule has 0 radical (unpaired) electrons. The van der Waals surface area contributed by atoms with Gasteiger partial charge in [0.25, 0.3) is 0 Å². The molecule has 1 fully saturated rings. The Kier molecular flexibility index (Phi) is 5.48. The van der Waals surface area contributed by atoms with Crippen molar-refractivity contribution < 1.29 is 0 Å². The fourth-order valence-electron chi connectivity index (χ4n) is 3.87. The Bertz CT molecular complexity index is 418. The molecule has 1 nitrogen and oxygen atoms in total. The van der Waals surface area contributed by atoms with Crippen molar-refractivity contribution in [2.24, 2.45) is 17.3 Å². The number of aryl methyl sites for hydroxylation is 1. The van der Waals surface area contributed by atoms with Gasteiger partial charge < -0.3 is 5.32 Å². The van der Waals surface area contributed by atoms with Gasteiger partial charge >= 0.3 is 0 Å². The number of nitrogens with one attached hydrogen (secondary N) is 1. The zero-order valence-corrected chi connectivity index (χ0v) is 14.6. The van der Waals surface area contributed by atoms with Gasteiger partial charge in [-0.15, -0.1) is 0 Å². The Hall–Kier alpha value is -0.820. The Morgan fingerprint density at radius 1 is 1.05 bits per heavy atom. The highest BCUT2D eigenvalue weighted by Gasteiger charge is 2.32. The van der Waals surface area contributed by atoms with Gasteiger partial charge in [0.15, 0.2) is 0 Å². The van der Waals surface area contributed by atoms with Crippen molar-refractivity contribution in [2.45, 2.75) is 65.8 Å². The van der Waals surface area contributed by atoms with Crippen LogP contribution in [0.15, 0.2) is 24.3 Å². The van der Waals surface area contributed by atoms with E-state index in [9.17, 15) is 0 Å². The SMILES string of the molecule is CNC(Cc1ccc(C)cc1)C1CCC(C(C)(C)C)CC1. The van der Waals surface area contributed by atoms with Crippen LogP contribution in [0.4, 0.5) is 0 Å². The Morgan fingerprint density at radius 3 is 2.10 bits per heavy atom. The molecule has 2 rings (SSSR count). The summed E-state index contributed by atoms with van der Waals surface area (Å²) in [6.45, 7) is 9.37. The maximum Gasteiger partial charge on any atom is 0.0133 e.